The van der Waals surface area contributed by atoms with Gasteiger partial charge in [-0.1, -0.05) is 24.1 Å². The van der Waals surface area contributed by atoms with Crippen molar-refractivity contribution in [1.82, 2.24) is 4.90 Å². The molecule has 0 saturated carbocycles. The summed E-state index contributed by atoms with van der Waals surface area (Å²) in [5.74, 6) is 1.26. The molecule has 0 saturated heterocycles. The molecule has 5 nitrogen and oxygen atoms in total. The predicted molar refractivity (Wildman–Crippen MR) is 68.3 cm³/mol. The van der Waals surface area contributed by atoms with E-state index in [1.807, 2.05) is 0 Å². The Bertz CT molecular complexity index is 465. The SMILES string of the molecule is C#CCN(C)C(=O)N(CC(=O)O)c1ccccc1. The van der Waals surface area contributed by atoms with Crippen LogP contribution in [0.3, 0.4) is 0 Å². The second kappa shape index (κ2) is 6.30. The van der Waals surface area contributed by atoms with Crippen molar-refractivity contribution in [3.05, 3.63) is 30.3 Å². The molecule has 0 atom stereocenters. The molecule has 5 heteroatoms. The summed E-state index contributed by atoms with van der Waals surface area (Å²) >= 11 is 0. The summed E-state index contributed by atoms with van der Waals surface area (Å²) in [6.45, 7) is -0.278. The van der Waals surface area contributed by atoms with Crippen LogP contribution in [0, 0.1) is 12.3 Å². The molecule has 0 aromatic heterocycles. The lowest BCUT2D eigenvalue weighted by molar-refractivity contribution is -0.135. The number of nitrogens with zero attached hydrogens (tertiary/aromatic N) is 2. The minimum atomic E-state index is -1.08. The summed E-state index contributed by atoms with van der Waals surface area (Å²) in [4.78, 5) is 25.3. The highest BCUT2D eigenvalue weighted by Crippen LogP contribution is 2.14. The maximum atomic E-state index is 12.1. The van der Waals surface area contributed by atoms with Gasteiger partial charge in [-0.3, -0.25) is 9.69 Å². The monoisotopic (exact) mass is 246 g/mol. The zero-order chi connectivity index (χ0) is 13.5. The van der Waals surface area contributed by atoms with E-state index >= 15 is 0 Å². The Balaban J connectivity index is 2.96. The zero-order valence-electron chi connectivity index (χ0n) is 10.0. The van der Waals surface area contributed by atoms with Crippen LogP contribution in [0.25, 0.3) is 0 Å². The molecule has 0 heterocycles. The number of carbonyl (C=O) groups excluding carboxylic acids is 1. The van der Waals surface area contributed by atoms with Crippen molar-refractivity contribution in [2.75, 3.05) is 25.0 Å². The van der Waals surface area contributed by atoms with Crippen LogP contribution in [0.4, 0.5) is 10.5 Å². The van der Waals surface area contributed by atoms with Gasteiger partial charge in [0, 0.05) is 12.7 Å². The van der Waals surface area contributed by atoms with Gasteiger partial charge in [-0.2, -0.15) is 0 Å². The van der Waals surface area contributed by atoms with Crippen molar-refractivity contribution in [2.45, 2.75) is 0 Å². The van der Waals surface area contributed by atoms with Crippen molar-refractivity contribution < 1.29 is 14.7 Å². The number of hydrogen-bond acceptors (Lipinski definition) is 2. The predicted octanol–water partition coefficient (Wildman–Crippen LogP) is 1.26. The molecule has 0 bridgehead atoms. The molecule has 1 aromatic rings. The van der Waals surface area contributed by atoms with E-state index in [4.69, 9.17) is 11.5 Å². The Hall–Kier alpha value is -2.48. The zero-order valence-corrected chi connectivity index (χ0v) is 10.0. The molecule has 0 fully saturated rings. The quantitative estimate of drug-likeness (QED) is 0.814. The van der Waals surface area contributed by atoms with E-state index in [-0.39, 0.29) is 6.54 Å². The summed E-state index contributed by atoms with van der Waals surface area (Å²) in [6.07, 6.45) is 5.13. The molecule has 1 N–H and O–H groups in total. The summed E-state index contributed by atoms with van der Waals surface area (Å²) < 4.78 is 0. The van der Waals surface area contributed by atoms with Crippen LogP contribution < -0.4 is 4.90 Å². The number of rotatable bonds is 4. The standard InChI is InChI=1S/C13H14N2O3/c1-3-9-14(2)13(18)15(10-12(16)17)11-7-5-4-6-8-11/h1,4-8H,9-10H2,2H3,(H,16,17). The molecule has 1 rings (SSSR count). The van der Waals surface area contributed by atoms with Gasteiger partial charge in [0.2, 0.25) is 0 Å². The molecule has 18 heavy (non-hydrogen) atoms. The number of carboxylic acids is 1. The van der Waals surface area contributed by atoms with Crippen molar-refractivity contribution in [1.29, 1.82) is 0 Å². The highest BCUT2D eigenvalue weighted by molar-refractivity contribution is 5.96. The average molecular weight is 246 g/mol. The van der Waals surface area contributed by atoms with Crippen LogP contribution in [0.1, 0.15) is 0 Å². The second-order valence-corrected chi connectivity index (χ2v) is 3.66. The number of carbonyl (C=O) groups is 2. The van der Waals surface area contributed by atoms with Crippen molar-refractivity contribution in [2.24, 2.45) is 0 Å². The van der Waals surface area contributed by atoms with E-state index in [1.165, 1.54) is 16.8 Å². The maximum absolute atomic E-state index is 12.1. The number of anilines is 1. The Kier molecular flexibility index (Phi) is 4.76. The minimum absolute atomic E-state index is 0.127. The molecule has 0 radical (unpaired) electrons. The first kappa shape index (κ1) is 13.6. The van der Waals surface area contributed by atoms with Crippen molar-refractivity contribution in [3.8, 4) is 12.3 Å². The molecular weight excluding hydrogens is 232 g/mol. The summed E-state index contributed by atoms with van der Waals surface area (Å²) in [6, 6.07) is 8.16. The first-order valence-corrected chi connectivity index (χ1v) is 5.29. The van der Waals surface area contributed by atoms with Gasteiger partial charge >= 0.3 is 12.0 Å². The van der Waals surface area contributed by atoms with Gasteiger partial charge < -0.3 is 10.0 Å². The smallest absolute Gasteiger partial charge is 0.325 e. The lowest BCUT2D eigenvalue weighted by atomic mass is 10.3. The molecule has 0 aliphatic carbocycles. The lowest BCUT2D eigenvalue weighted by Crippen LogP contribution is -2.44. The van der Waals surface area contributed by atoms with Crippen molar-refractivity contribution >= 4 is 17.7 Å². The number of hydrogen-bond donors (Lipinski definition) is 1. The number of terminal acetylenes is 1. The third-order valence-electron chi connectivity index (χ3n) is 2.25. The van der Waals surface area contributed by atoms with Gasteiger partial charge in [-0.25, -0.2) is 4.79 Å². The third kappa shape index (κ3) is 3.52. The molecule has 2 amide bonds. The normalized spacial score (nSPS) is 9.33. The molecule has 1 aromatic carbocycles. The second-order valence-electron chi connectivity index (χ2n) is 3.66. The average Bonchev–Trinajstić information content (AvgIpc) is 2.36. The van der Waals surface area contributed by atoms with Crippen LogP contribution in [-0.4, -0.2) is 42.1 Å². The lowest BCUT2D eigenvalue weighted by Gasteiger charge is -2.25. The van der Waals surface area contributed by atoms with Crippen LogP contribution >= 0.6 is 0 Å². The first-order chi connectivity index (χ1) is 8.56. The highest BCUT2D eigenvalue weighted by atomic mass is 16.4. The van der Waals surface area contributed by atoms with Gasteiger partial charge in [0.15, 0.2) is 0 Å². The topological polar surface area (TPSA) is 60.9 Å². The number of aliphatic carboxylic acids is 1. The summed E-state index contributed by atoms with van der Waals surface area (Å²) in [7, 11) is 1.53. The Morgan fingerprint density at radius 2 is 1.94 bits per heavy atom. The van der Waals surface area contributed by atoms with Crippen LogP contribution in [-0.2, 0) is 4.79 Å². The van der Waals surface area contributed by atoms with E-state index in [1.54, 1.807) is 30.3 Å². The van der Waals surface area contributed by atoms with E-state index in [0.29, 0.717) is 5.69 Å². The Morgan fingerprint density at radius 1 is 1.33 bits per heavy atom. The van der Waals surface area contributed by atoms with E-state index < -0.39 is 18.5 Å². The van der Waals surface area contributed by atoms with Crippen LogP contribution in [0.15, 0.2) is 30.3 Å². The molecule has 0 aliphatic rings. The fourth-order valence-corrected chi connectivity index (χ4v) is 1.42. The molecule has 0 unspecified atom stereocenters. The van der Waals surface area contributed by atoms with Crippen LogP contribution in [0.5, 0.6) is 0 Å². The first-order valence-electron chi connectivity index (χ1n) is 5.29. The number of para-hydroxylation sites is 1. The number of urea groups is 1. The number of amides is 2. The van der Waals surface area contributed by atoms with Gasteiger partial charge in [0.25, 0.3) is 0 Å². The van der Waals surface area contributed by atoms with Gasteiger partial charge in [-0.05, 0) is 12.1 Å². The summed E-state index contributed by atoms with van der Waals surface area (Å²) in [5.41, 5.74) is 0.522. The number of benzene rings is 1. The Morgan fingerprint density at radius 3 is 2.44 bits per heavy atom. The highest BCUT2D eigenvalue weighted by Gasteiger charge is 2.21. The molecule has 0 aliphatic heterocycles. The Labute approximate surface area is 106 Å². The minimum Gasteiger partial charge on any atom is -0.480 e. The third-order valence-corrected chi connectivity index (χ3v) is 2.25. The van der Waals surface area contributed by atoms with Crippen LogP contribution in [0.2, 0.25) is 0 Å². The fourth-order valence-electron chi connectivity index (χ4n) is 1.42. The van der Waals surface area contributed by atoms with E-state index in [2.05, 4.69) is 5.92 Å². The maximum Gasteiger partial charge on any atom is 0.325 e. The number of carboxylic acid groups (broad SMARTS) is 1. The summed E-state index contributed by atoms with van der Waals surface area (Å²) in [5, 5.41) is 8.85. The van der Waals surface area contributed by atoms with Gasteiger partial charge in [0.1, 0.15) is 6.54 Å². The van der Waals surface area contributed by atoms with E-state index in [0.717, 1.165) is 0 Å². The van der Waals surface area contributed by atoms with Crippen molar-refractivity contribution in [3.63, 3.8) is 0 Å². The fraction of sp³-hybridized carbons (Fsp3) is 0.231. The van der Waals surface area contributed by atoms with Gasteiger partial charge in [-0.15, -0.1) is 6.42 Å². The molecule has 0 spiro atoms. The van der Waals surface area contributed by atoms with Gasteiger partial charge in [0.05, 0.1) is 6.54 Å². The van der Waals surface area contributed by atoms with E-state index in [9.17, 15) is 9.59 Å². The molecular formula is C13H14N2O3. The largest absolute Gasteiger partial charge is 0.480 e. The molecule has 94 valence electrons.